The Morgan fingerprint density at radius 2 is 2.20 bits per heavy atom. The first kappa shape index (κ1) is 5.31. The Kier molecular flexibility index (Phi) is 4.58. The molecule has 0 bridgehead atoms. The first-order chi connectivity index (χ1) is 2.41. The van der Waals surface area contributed by atoms with Crippen molar-refractivity contribution in [3.8, 4) is 0 Å². The molecule has 0 aromatic heterocycles. The van der Waals surface area contributed by atoms with E-state index in [9.17, 15) is 0 Å². The summed E-state index contributed by atoms with van der Waals surface area (Å²) >= 11 is 4.61. The molecular formula is C3H9NS+. The van der Waals surface area contributed by atoms with Gasteiger partial charge in [0.05, 0.1) is 6.54 Å². The highest BCUT2D eigenvalue weighted by molar-refractivity contribution is 7.80. The third-order valence-corrected chi connectivity index (χ3v) is 0.683. The maximum atomic E-state index is 4.61. The van der Waals surface area contributed by atoms with E-state index in [4.69, 9.17) is 0 Å². The molecule has 0 spiro atoms. The van der Waals surface area contributed by atoms with E-state index in [1.165, 1.54) is 0 Å². The summed E-state index contributed by atoms with van der Waals surface area (Å²) in [6.07, 6.45) is 1.09. The molecule has 0 rings (SSSR count). The minimum absolute atomic E-state index is 0.865. The zero-order valence-electron chi connectivity index (χ0n) is 3.24. The van der Waals surface area contributed by atoms with Crippen LogP contribution in [0.4, 0.5) is 0 Å². The van der Waals surface area contributed by atoms with Crippen molar-refractivity contribution in [3.63, 3.8) is 0 Å². The Morgan fingerprint density at radius 1 is 1.60 bits per heavy atom. The normalized spacial score (nSPS) is 8.40. The van der Waals surface area contributed by atoms with Crippen LogP contribution in [0.3, 0.4) is 0 Å². The molecule has 2 heteroatoms. The van der Waals surface area contributed by atoms with Crippen LogP contribution in [0.25, 0.3) is 0 Å². The largest absolute Gasteiger partial charge is 0.358 e. The molecule has 1 radical (unpaired) electrons. The highest BCUT2D eigenvalue weighted by Gasteiger charge is 1.72. The van der Waals surface area contributed by atoms with Gasteiger partial charge in [-0.15, -0.1) is 0 Å². The Labute approximate surface area is 38.0 Å². The second kappa shape index (κ2) is 4.31. The maximum absolute atomic E-state index is 4.61. The van der Waals surface area contributed by atoms with Crippen LogP contribution in [0.15, 0.2) is 0 Å². The van der Waals surface area contributed by atoms with Crippen molar-refractivity contribution in [2.24, 2.45) is 0 Å². The van der Waals surface area contributed by atoms with Crippen LogP contribution in [-0.2, 0) is 0 Å². The summed E-state index contributed by atoms with van der Waals surface area (Å²) in [6.45, 7) is 0.990. The Balaban J connectivity index is 2.19. The highest BCUT2D eigenvalue weighted by Crippen LogP contribution is 1.73. The summed E-state index contributed by atoms with van der Waals surface area (Å²) in [5.74, 6) is 0.865. The average molecular weight is 91.2 g/mol. The highest BCUT2D eigenvalue weighted by atomic mass is 32.1. The van der Waals surface area contributed by atoms with Gasteiger partial charge >= 0.3 is 0 Å². The van der Waals surface area contributed by atoms with Crippen molar-refractivity contribution < 1.29 is 5.73 Å². The van der Waals surface area contributed by atoms with Crippen molar-refractivity contribution in [2.75, 3.05) is 12.3 Å². The fourth-order valence-corrected chi connectivity index (χ4v) is 0.306. The Hall–Kier alpha value is 0.310. The molecule has 0 saturated heterocycles. The van der Waals surface area contributed by atoms with Crippen molar-refractivity contribution in [1.29, 1.82) is 0 Å². The number of hydrogen-bond acceptors (Lipinski definition) is 0. The third kappa shape index (κ3) is 4.31. The monoisotopic (exact) mass is 91.0 g/mol. The van der Waals surface area contributed by atoms with Gasteiger partial charge in [-0.1, -0.05) is 12.6 Å². The fraction of sp³-hybridized carbons (Fsp3) is 1.00. The minimum Gasteiger partial charge on any atom is -0.358 e. The molecule has 0 unspecified atom stereocenters. The lowest BCUT2D eigenvalue weighted by Crippen LogP contribution is -2.50. The molecule has 0 amide bonds. The van der Waals surface area contributed by atoms with Crippen LogP contribution in [0.1, 0.15) is 6.42 Å². The smallest absolute Gasteiger partial charge is 0.0748 e. The summed E-state index contributed by atoms with van der Waals surface area (Å²) in [5.41, 5.74) is 3.61. The molecule has 0 heterocycles. The van der Waals surface area contributed by atoms with Gasteiger partial charge in [0, 0.05) is 12.2 Å². The summed E-state index contributed by atoms with van der Waals surface area (Å²) in [7, 11) is 0. The first-order valence-corrected chi connectivity index (χ1v) is 2.37. The molecular weight excluding hydrogens is 82.1 g/mol. The fourth-order valence-electron chi connectivity index (χ4n) is 0.102. The van der Waals surface area contributed by atoms with Gasteiger partial charge in [-0.2, -0.15) is 0 Å². The predicted octanol–water partition coefficient (Wildman–Crippen LogP) is -0.184. The van der Waals surface area contributed by atoms with Crippen molar-refractivity contribution in [2.45, 2.75) is 6.42 Å². The van der Waals surface area contributed by atoms with E-state index < -0.39 is 0 Å². The first-order valence-electron chi connectivity index (χ1n) is 1.79. The predicted molar refractivity (Wildman–Crippen MR) is 24.8 cm³/mol. The summed E-state index contributed by atoms with van der Waals surface area (Å²) in [5, 5.41) is 0. The average Bonchev–Trinajstić information content (AvgIpc) is 1.41. The van der Waals surface area contributed by atoms with E-state index in [2.05, 4.69) is 18.4 Å². The summed E-state index contributed by atoms with van der Waals surface area (Å²) in [6, 6.07) is 0. The van der Waals surface area contributed by atoms with Crippen molar-refractivity contribution in [1.82, 2.24) is 0 Å². The van der Waals surface area contributed by atoms with E-state index in [1.807, 2.05) is 0 Å². The van der Waals surface area contributed by atoms with Gasteiger partial charge in [-0.05, 0) is 0 Å². The number of rotatable bonds is 2. The summed E-state index contributed by atoms with van der Waals surface area (Å²) < 4.78 is 0. The van der Waals surface area contributed by atoms with Crippen LogP contribution < -0.4 is 5.73 Å². The second-order valence-electron chi connectivity index (χ2n) is 0.911. The van der Waals surface area contributed by atoms with E-state index in [0.717, 1.165) is 18.7 Å². The zero-order chi connectivity index (χ0) is 4.12. The van der Waals surface area contributed by atoms with Crippen LogP contribution in [0.5, 0.6) is 0 Å². The van der Waals surface area contributed by atoms with E-state index in [0.29, 0.717) is 0 Å². The molecule has 0 saturated carbocycles. The van der Waals surface area contributed by atoms with Gasteiger partial charge in [-0.25, -0.2) is 0 Å². The standard InChI is InChI=1S/C3H8NS/c4-2-1-3-5/h1-4H2/p+1. The van der Waals surface area contributed by atoms with Gasteiger partial charge < -0.3 is 5.73 Å². The minimum atomic E-state index is 0.865. The molecule has 0 aliphatic carbocycles. The molecule has 0 fully saturated rings. The molecule has 1 nitrogen and oxygen atoms in total. The molecule has 0 aromatic rings. The molecule has 0 aromatic carbocycles. The topological polar surface area (TPSA) is 27.6 Å². The summed E-state index contributed by atoms with van der Waals surface area (Å²) in [4.78, 5) is 0. The van der Waals surface area contributed by atoms with Gasteiger partial charge in [0.2, 0.25) is 0 Å². The maximum Gasteiger partial charge on any atom is 0.0748 e. The van der Waals surface area contributed by atoms with Crippen LogP contribution in [0.2, 0.25) is 0 Å². The SMILES string of the molecule is [NH3+]CCC[S]. The lowest BCUT2D eigenvalue weighted by Gasteiger charge is -1.75. The second-order valence-corrected chi connectivity index (χ2v) is 1.32. The van der Waals surface area contributed by atoms with Crippen molar-refractivity contribution in [3.05, 3.63) is 0 Å². The van der Waals surface area contributed by atoms with Gasteiger partial charge in [0.1, 0.15) is 0 Å². The molecule has 5 heavy (non-hydrogen) atoms. The van der Waals surface area contributed by atoms with E-state index in [-0.39, 0.29) is 0 Å². The molecule has 0 aliphatic heterocycles. The lowest BCUT2D eigenvalue weighted by atomic mass is 10.5. The van der Waals surface area contributed by atoms with Crippen molar-refractivity contribution >= 4 is 12.6 Å². The van der Waals surface area contributed by atoms with E-state index in [1.54, 1.807) is 0 Å². The van der Waals surface area contributed by atoms with Crippen LogP contribution in [-0.4, -0.2) is 12.3 Å². The lowest BCUT2D eigenvalue weighted by molar-refractivity contribution is -0.367. The van der Waals surface area contributed by atoms with E-state index >= 15 is 0 Å². The quantitative estimate of drug-likeness (QED) is 0.488. The van der Waals surface area contributed by atoms with Gasteiger partial charge in [0.15, 0.2) is 0 Å². The zero-order valence-corrected chi connectivity index (χ0v) is 4.05. The van der Waals surface area contributed by atoms with Crippen LogP contribution in [0, 0.1) is 0 Å². The van der Waals surface area contributed by atoms with Gasteiger partial charge in [0.25, 0.3) is 0 Å². The molecule has 3 N–H and O–H groups in total. The third-order valence-electron chi connectivity index (χ3n) is 0.394. The molecule has 31 valence electrons. The molecule has 0 atom stereocenters. The number of quaternary nitrogens is 1. The van der Waals surface area contributed by atoms with Gasteiger partial charge in [-0.3, -0.25) is 0 Å². The number of hydrogen-bond donors (Lipinski definition) is 1. The molecule has 0 aliphatic rings. The Bertz CT molecular complexity index is 14.4. The van der Waals surface area contributed by atoms with Crippen LogP contribution >= 0.6 is 12.6 Å². The Morgan fingerprint density at radius 3 is 2.20 bits per heavy atom.